The van der Waals surface area contributed by atoms with E-state index in [1.807, 2.05) is 36.4 Å². The molecule has 4 heteroatoms. The predicted octanol–water partition coefficient (Wildman–Crippen LogP) is 5.99. The Kier molecular flexibility index (Phi) is 5.71. The van der Waals surface area contributed by atoms with Crippen LogP contribution in [0.15, 0.2) is 65.8 Å². The number of benzene rings is 2. The molecule has 0 aliphatic heterocycles. The lowest BCUT2D eigenvalue weighted by Gasteiger charge is -2.11. The van der Waals surface area contributed by atoms with Crippen LogP contribution in [0.5, 0.6) is 11.6 Å². The number of hydrogen-bond donors (Lipinski definition) is 0. The van der Waals surface area contributed by atoms with Crippen molar-refractivity contribution >= 4 is 11.8 Å². The molecule has 0 atom stereocenters. The van der Waals surface area contributed by atoms with Crippen LogP contribution >= 0.6 is 11.8 Å². The van der Waals surface area contributed by atoms with E-state index < -0.39 is 0 Å². The van der Waals surface area contributed by atoms with Crippen molar-refractivity contribution in [2.45, 2.75) is 37.6 Å². The molecule has 0 fully saturated rings. The molecule has 3 aromatic rings. The molecular weight excluding hydrogens is 328 g/mol. The minimum atomic E-state index is 0.319. The van der Waals surface area contributed by atoms with E-state index in [2.05, 4.69) is 55.0 Å². The quantitative estimate of drug-likeness (QED) is 0.404. The third-order valence-electron chi connectivity index (χ3n) is 3.71. The van der Waals surface area contributed by atoms with Gasteiger partial charge < -0.3 is 4.74 Å². The zero-order valence-electron chi connectivity index (χ0n) is 14.8. The van der Waals surface area contributed by atoms with Crippen molar-refractivity contribution in [2.75, 3.05) is 0 Å². The van der Waals surface area contributed by atoms with Gasteiger partial charge in [-0.1, -0.05) is 73.6 Å². The predicted molar refractivity (Wildman–Crippen MR) is 103 cm³/mol. The second kappa shape index (κ2) is 8.17. The zero-order chi connectivity index (χ0) is 17.6. The molecule has 1 heterocycles. The van der Waals surface area contributed by atoms with Crippen LogP contribution in [0.25, 0.3) is 0 Å². The monoisotopic (exact) mass is 350 g/mol. The van der Waals surface area contributed by atoms with Crippen LogP contribution in [-0.2, 0) is 5.75 Å². The third-order valence-corrected chi connectivity index (χ3v) is 4.63. The molecule has 128 valence electrons. The maximum Gasteiger partial charge on any atom is 0.223 e. The third kappa shape index (κ3) is 5.07. The molecular formula is C21H22N2OS. The van der Waals surface area contributed by atoms with Gasteiger partial charge in [0.05, 0.1) is 5.69 Å². The average Bonchev–Trinajstić information content (AvgIpc) is 2.61. The van der Waals surface area contributed by atoms with E-state index in [0.717, 1.165) is 22.4 Å². The summed E-state index contributed by atoms with van der Waals surface area (Å²) in [5, 5.41) is 0.749. The zero-order valence-corrected chi connectivity index (χ0v) is 15.6. The first kappa shape index (κ1) is 17.5. The molecule has 0 N–H and O–H groups in total. The highest BCUT2D eigenvalue weighted by Crippen LogP contribution is 2.27. The lowest BCUT2D eigenvalue weighted by Crippen LogP contribution is -1.99. The van der Waals surface area contributed by atoms with E-state index in [1.54, 1.807) is 11.8 Å². The summed E-state index contributed by atoms with van der Waals surface area (Å²) in [6.07, 6.45) is 0. The fraction of sp³-hybridized carbons (Fsp3) is 0.238. The Bertz CT molecular complexity index is 834. The highest BCUT2D eigenvalue weighted by molar-refractivity contribution is 7.98. The Labute approximate surface area is 153 Å². The van der Waals surface area contributed by atoms with E-state index in [4.69, 9.17) is 4.74 Å². The van der Waals surface area contributed by atoms with Crippen molar-refractivity contribution in [3.8, 4) is 11.6 Å². The fourth-order valence-electron chi connectivity index (χ4n) is 2.39. The van der Waals surface area contributed by atoms with Crippen molar-refractivity contribution in [1.29, 1.82) is 0 Å². The lowest BCUT2D eigenvalue weighted by molar-refractivity contribution is 0.453. The van der Waals surface area contributed by atoms with E-state index >= 15 is 0 Å². The summed E-state index contributed by atoms with van der Waals surface area (Å²) in [6.45, 7) is 6.36. The number of para-hydroxylation sites is 1. The summed E-state index contributed by atoms with van der Waals surface area (Å²) in [5.74, 6) is 2.54. The van der Waals surface area contributed by atoms with Crippen molar-refractivity contribution in [3.63, 3.8) is 0 Å². The minimum absolute atomic E-state index is 0.319. The molecule has 0 saturated heterocycles. The Morgan fingerprint density at radius 1 is 0.960 bits per heavy atom. The first-order chi connectivity index (χ1) is 12.1. The average molecular weight is 350 g/mol. The van der Waals surface area contributed by atoms with Gasteiger partial charge in [0.1, 0.15) is 5.75 Å². The van der Waals surface area contributed by atoms with Crippen LogP contribution in [0.2, 0.25) is 0 Å². The smallest absolute Gasteiger partial charge is 0.223 e. The standard InChI is InChI=1S/C21H22N2OS/c1-15(2)19-13-20(24-18-10-5-4-6-11-18)23-21(22-19)25-14-17-9-7-8-16(3)12-17/h4-13,15H,14H2,1-3H3. The number of rotatable bonds is 6. The van der Waals surface area contributed by atoms with Crippen LogP contribution in [0, 0.1) is 6.92 Å². The van der Waals surface area contributed by atoms with Gasteiger partial charge in [-0.3, -0.25) is 0 Å². The van der Waals surface area contributed by atoms with Gasteiger partial charge in [-0.05, 0) is 30.5 Å². The fourth-order valence-corrected chi connectivity index (χ4v) is 3.19. The van der Waals surface area contributed by atoms with Crippen LogP contribution in [0.4, 0.5) is 0 Å². The Morgan fingerprint density at radius 2 is 1.76 bits per heavy atom. The molecule has 3 rings (SSSR count). The number of hydrogen-bond acceptors (Lipinski definition) is 4. The Balaban J connectivity index is 1.80. The van der Waals surface area contributed by atoms with Gasteiger partial charge in [-0.25, -0.2) is 4.98 Å². The van der Waals surface area contributed by atoms with Gasteiger partial charge in [-0.2, -0.15) is 4.98 Å². The van der Waals surface area contributed by atoms with Crippen molar-refractivity contribution in [1.82, 2.24) is 9.97 Å². The van der Waals surface area contributed by atoms with Crippen molar-refractivity contribution < 1.29 is 4.74 Å². The van der Waals surface area contributed by atoms with Gasteiger partial charge in [0.25, 0.3) is 0 Å². The molecule has 0 unspecified atom stereocenters. The number of nitrogens with zero attached hydrogens (tertiary/aromatic N) is 2. The van der Waals surface area contributed by atoms with Crippen LogP contribution < -0.4 is 4.74 Å². The van der Waals surface area contributed by atoms with E-state index in [-0.39, 0.29) is 0 Å². The number of aromatic nitrogens is 2. The van der Waals surface area contributed by atoms with E-state index in [1.165, 1.54) is 11.1 Å². The first-order valence-electron chi connectivity index (χ1n) is 8.40. The Morgan fingerprint density at radius 3 is 2.48 bits per heavy atom. The van der Waals surface area contributed by atoms with Crippen LogP contribution in [0.1, 0.15) is 36.6 Å². The maximum atomic E-state index is 5.92. The van der Waals surface area contributed by atoms with Gasteiger partial charge in [-0.15, -0.1) is 0 Å². The molecule has 0 amide bonds. The largest absolute Gasteiger partial charge is 0.439 e. The van der Waals surface area contributed by atoms with Crippen LogP contribution in [-0.4, -0.2) is 9.97 Å². The molecule has 1 aromatic heterocycles. The summed E-state index contributed by atoms with van der Waals surface area (Å²) in [5.41, 5.74) is 3.53. The van der Waals surface area contributed by atoms with Crippen molar-refractivity contribution in [2.24, 2.45) is 0 Å². The topological polar surface area (TPSA) is 35.0 Å². The molecule has 2 aromatic carbocycles. The number of aryl methyl sites for hydroxylation is 1. The van der Waals surface area contributed by atoms with Gasteiger partial charge >= 0.3 is 0 Å². The van der Waals surface area contributed by atoms with E-state index in [9.17, 15) is 0 Å². The summed E-state index contributed by atoms with van der Waals surface area (Å²) in [6, 6.07) is 20.2. The first-order valence-corrected chi connectivity index (χ1v) is 9.39. The highest BCUT2D eigenvalue weighted by atomic mass is 32.2. The molecule has 0 radical (unpaired) electrons. The number of thioether (sulfide) groups is 1. The minimum Gasteiger partial charge on any atom is -0.439 e. The molecule has 0 aliphatic rings. The summed E-state index contributed by atoms with van der Waals surface area (Å²) in [4.78, 5) is 9.26. The van der Waals surface area contributed by atoms with Crippen molar-refractivity contribution in [3.05, 3.63) is 77.5 Å². The normalized spacial score (nSPS) is 10.9. The van der Waals surface area contributed by atoms with Crippen LogP contribution in [0.3, 0.4) is 0 Å². The summed E-state index contributed by atoms with van der Waals surface area (Å²) >= 11 is 1.64. The second-order valence-corrected chi connectivity index (χ2v) is 7.20. The molecule has 0 spiro atoms. The Hall–Kier alpha value is -2.33. The SMILES string of the molecule is Cc1cccc(CSc2nc(Oc3ccccc3)cc(C(C)C)n2)c1. The van der Waals surface area contributed by atoms with Gasteiger partial charge in [0.2, 0.25) is 5.88 Å². The summed E-state index contributed by atoms with van der Waals surface area (Å²) < 4.78 is 5.92. The van der Waals surface area contributed by atoms with E-state index in [0.29, 0.717) is 11.8 Å². The molecule has 0 saturated carbocycles. The molecule has 0 bridgehead atoms. The highest BCUT2D eigenvalue weighted by Gasteiger charge is 2.10. The maximum absolute atomic E-state index is 5.92. The summed E-state index contributed by atoms with van der Waals surface area (Å²) in [7, 11) is 0. The molecule has 3 nitrogen and oxygen atoms in total. The lowest BCUT2D eigenvalue weighted by atomic mass is 10.1. The van der Waals surface area contributed by atoms with Gasteiger partial charge in [0.15, 0.2) is 5.16 Å². The number of ether oxygens (including phenoxy) is 1. The second-order valence-electron chi connectivity index (χ2n) is 6.26. The molecule has 25 heavy (non-hydrogen) atoms. The molecule has 0 aliphatic carbocycles. The van der Waals surface area contributed by atoms with Gasteiger partial charge in [0, 0.05) is 11.8 Å².